The van der Waals surface area contributed by atoms with Gasteiger partial charge in [0.25, 0.3) is 0 Å². The zero-order valence-electron chi connectivity index (χ0n) is 10.7. The second-order valence-electron chi connectivity index (χ2n) is 5.11. The minimum Gasteiger partial charge on any atom is -0.460 e. The molecule has 4 heteroatoms. The van der Waals surface area contributed by atoms with Crippen molar-refractivity contribution in [2.45, 2.75) is 38.1 Å². The number of rotatable bonds is 3. The summed E-state index contributed by atoms with van der Waals surface area (Å²) in [5.41, 5.74) is 0.928. The van der Waals surface area contributed by atoms with Crippen molar-refractivity contribution < 1.29 is 13.5 Å². The molecule has 0 unspecified atom stereocenters. The van der Waals surface area contributed by atoms with E-state index in [4.69, 9.17) is 4.74 Å². The highest BCUT2D eigenvalue weighted by molar-refractivity contribution is 5.82. The predicted molar refractivity (Wildman–Crippen MR) is 70.6 cm³/mol. The third-order valence-electron chi connectivity index (χ3n) is 3.95. The van der Waals surface area contributed by atoms with Crippen molar-refractivity contribution in [2.75, 3.05) is 6.86 Å². The molecule has 1 fully saturated rings. The molecular formula is C15H17F2NO. The van der Waals surface area contributed by atoms with E-state index in [-0.39, 0.29) is 5.75 Å². The number of hydrogen-bond donors (Lipinski definition) is 0. The van der Waals surface area contributed by atoms with E-state index in [9.17, 15) is 8.78 Å². The molecule has 1 heterocycles. The zero-order valence-corrected chi connectivity index (χ0v) is 10.7. The largest absolute Gasteiger partial charge is 0.460 e. The molecule has 1 saturated carbocycles. The van der Waals surface area contributed by atoms with E-state index in [0.717, 1.165) is 23.7 Å². The van der Waals surface area contributed by atoms with Crippen LogP contribution >= 0.6 is 0 Å². The molecule has 2 nitrogen and oxygen atoms in total. The van der Waals surface area contributed by atoms with E-state index < -0.39 is 12.7 Å². The molecule has 1 aromatic heterocycles. The molecule has 3 rings (SSSR count). The third kappa shape index (κ3) is 2.31. The fraction of sp³-hybridized carbons (Fsp3) is 0.467. The van der Waals surface area contributed by atoms with Gasteiger partial charge in [0.15, 0.2) is 11.6 Å². The molecule has 0 saturated heterocycles. The third-order valence-corrected chi connectivity index (χ3v) is 3.95. The van der Waals surface area contributed by atoms with Gasteiger partial charge in [-0.1, -0.05) is 19.3 Å². The molecule has 19 heavy (non-hydrogen) atoms. The van der Waals surface area contributed by atoms with Crippen LogP contribution in [-0.2, 0) is 0 Å². The summed E-state index contributed by atoms with van der Waals surface area (Å²) < 4.78 is 32.8. The molecule has 0 N–H and O–H groups in total. The zero-order chi connectivity index (χ0) is 13.2. The van der Waals surface area contributed by atoms with Gasteiger partial charge in [0.2, 0.25) is 6.86 Å². The van der Waals surface area contributed by atoms with E-state index in [1.807, 2.05) is 12.3 Å². The molecule has 2 aromatic rings. The Kier molecular flexibility index (Phi) is 3.40. The first-order valence-electron chi connectivity index (χ1n) is 6.78. The van der Waals surface area contributed by atoms with E-state index in [0.29, 0.717) is 6.04 Å². The van der Waals surface area contributed by atoms with Crippen LogP contribution in [-0.4, -0.2) is 11.4 Å². The lowest BCUT2D eigenvalue weighted by molar-refractivity contribution is 0.184. The molecule has 1 aliphatic carbocycles. The monoisotopic (exact) mass is 265 g/mol. The molecule has 0 aliphatic heterocycles. The van der Waals surface area contributed by atoms with Gasteiger partial charge >= 0.3 is 0 Å². The van der Waals surface area contributed by atoms with Crippen LogP contribution in [0.25, 0.3) is 10.9 Å². The second kappa shape index (κ2) is 5.19. The second-order valence-corrected chi connectivity index (χ2v) is 5.11. The molecule has 0 bridgehead atoms. The van der Waals surface area contributed by atoms with Gasteiger partial charge in [-0.05, 0) is 25.0 Å². The summed E-state index contributed by atoms with van der Waals surface area (Å²) in [7, 11) is 0. The predicted octanol–water partition coefficient (Wildman–Crippen LogP) is 4.59. The summed E-state index contributed by atoms with van der Waals surface area (Å²) in [6.07, 6.45) is 8.07. The van der Waals surface area contributed by atoms with Gasteiger partial charge in [0, 0.05) is 23.7 Å². The average molecular weight is 265 g/mol. The molecule has 0 spiro atoms. The summed E-state index contributed by atoms with van der Waals surface area (Å²) in [6.45, 7) is -1.01. The molecule has 102 valence electrons. The number of halogens is 2. The summed E-state index contributed by atoms with van der Waals surface area (Å²) in [6, 6.07) is 5.40. The lowest BCUT2D eigenvalue weighted by Gasteiger charge is -2.24. The van der Waals surface area contributed by atoms with E-state index in [1.54, 1.807) is 6.07 Å². The Labute approximate surface area is 111 Å². The first-order valence-corrected chi connectivity index (χ1v) is 6.78. The molecular weight excluding hydrogens is 248 g/mol. The van der Waals surface area contributed by atoms with Crippen molar-refractivity contribution in [2.24, 2.45) is 0 Å². The first-order chi connectivity index (χ1) is 9.29. The molecule has 0 atom stereocenters. The van der Waals surface area contributed by atoms with Crippen LogP contribution in [0.15, 0.2) is 24.4 Å². The van der Waals surface area contributed by atoms with E-state index in [2.05, 4.69) is 4.57 Å². The number of nitrogens with zero attached hydrogens (tertiary/aromatic N) is 1. The van der Waals surface area contributed by atoms with Gasteiger partial charge in [-0.3, -0.25) is 0 Å². The van der Waals surface area contributed by atoms with Crippen molar-refractivity contribution in [1.82, 2.24) is 4.57 Å². The lowest BCUT2D eigenvalue weighted by atomic mass is 9.95. The number of fused-ring (bicyclic) bond motifs is 1. The van der Waals surface area contributed by atoms with Crippen LogP contribution in [0.5, 0.6) is 5.75 Å². The average Bonchev–Trinajstić information content (AvgIpc) is 2.83. The highest BCUT2D eigenvalue weighted by Crippen LogP contribution is 2.33. The number of alkyl halides is 1. The van der Waals surface area contributed by atoms with Crippen LogP contribution in [0.1, 0.15) is 38.1 Å². The van der Waals surface area contributed by atoms with Crippen molar-refractivity contribution >= 4 is 10.9 Å². The quantitative estimate of drug-likeness (QED) is 0.791. The Hall–Kier alpha value is -1.58. The SMILES string of the molecule is FCOc1cc2c(ccn2C2CCCCC2)cc1F. The number of hydrogen-bond acceptors (Lipinski definition) is 1. The van der Waals surface area contributed by atoms with Crippen LogP contribution in [0, 0.1) is 5.82 Å². The molecule has 1 aliphatic rings. The maximum Gasteiger partial charge on any atom is 0.228 e. The van der Waals surface area contributed by atoms with Gasteiger partial charge in [-0.15, -0.1) is 0 Å². The normalized spacial score (nSPS) is 16.9. The topological polar surface area (TPSA) is 14.2 Å². The first kappa shape index (κ1) is 12.5. The Bertz CT molecular complexity index is 573. The highest BCUT2D eigenvalue weighted by Gasteiger charge is 2.18. The van der Waals surface area contributed by atoms with Gasteiger partial charge < -0.3 is 9.30 Å². The molecule has 1 aromatic carbocycles. The van der Waals surface area contributed by atoms with Crippen molar-refractivity contribution in [1.29, 1.82) is 0 Å². The maximum absolute atomic E-state index is 13.7. The fourth-order valence-electron chi connectivity index (χ4n) is 3.00. The summed E-state index contributed by atoms with van der Waals surface area (Å²) in [5.74, 6) is -0.516. The van der Waals surface area contributed by atoms with Crippen molar-refractivity contribution in [3.05, 3.63) is 30.2 Å². The maximum atomic E-state index is 13.7. The minimum absolute atomic E-state index is 0.00856. The Morgan fingerprint density at radius 2 is 2.00 bits per heavy atom. The minimum atomic E-state index is -1.01. The van der Waals surface area contributed by atoms with E-state index >= 15 is 0 Å². The van der Waals surface area contributed by atoms with Gasteiger partial charge in [0.05, 0.1) is 5.52 Å². The number of aromatic nitrogens is 1. The number of benzene rings is 1. The van der Waals surface area contributed by atoms with Crippen molar-refractivity contribution in [3.63, 3.8) is 0 Å². The molecule has 0 amide bonds. The Morgan fingerprint density at radius 1 is 1.21 bits per heavy atom. The summed E-state index contributed by atoms with van der Waals surface area (Å²) in [5, 5.41) is 0.842. The Balaban J connectivity index is 2.02. The Morgan fingerprint density at radius 3 is 2.74 bits per heavy atom. The fourth-order valence-corrected chi connectivity index (χ4v) is 3.00. The summed E-state index contributed by atoms with van der Waals surface area (Å²) >= 11 is 0. The van der Waals surface area contributed by atoms with E-state index in [1.165, 1.54) is 25.3 Å². The van der Waals surface area contributed by atoms with Crippen LogP contribution in [0.3, 0.4) is 0 Å². The highest BCUT2D eigenvalue weighted by atomic mass is 19.1. The number of ether oxygens (including phenoxy) is 1. The van der Waals surface area contributed by atoms with Gasteiger partial charge in [-0.2, -0.15) is 0 Å². The van der Waals surface area contributed by atoms with Gasteiger partial charge in [0.1, 0.15) is 0 Å². The van der Waals surface area contributed by atoms with Gasteiger partial charge in [-0.25, -0.2) is 8.78 Å². The van der Waals surface area contributed by atoms with Crippen LogP contribution in [0.2, 0.25) is 0 Å². The summed E-state index contributed by atoms with van der Waals surface area (Å²) in [4.78, 5) is 0. The van der Waals surface area contributed by atoms with Crippen molar-refractivity contribution in [3.8, 4) is 5.75 Å². The standard InChI is InChI=1S/C15H17F2NO/c16-10-19-15-9-14-11(8-13(15)17)6-7-18(14)12-4-2-1-3-5-12/h6-9,12H,1-5,10H2. The molecule has 0 radical (unpaired) electrons. The lowest BCUT2D eigenvalue weighted by Crippen LogP contribution is -2.11. The smallest absolute Gasteiger partial charge is 0.228 e. The van der Waals surface area contributed by atoms with Crippen LogP contribution < -0.4 is 4.74 Å². The van der Waals surface area contributed by atoms with Crippen LogP contribution in [0.4, 0.5) is 8.78 Å².